The molecule has 0 aliphatic carbocycles. The minimum atomic E-state index is -0.898. The zero-order chi connectivity index (χ0) is 63.1. The number of hydrogen-bond donors (Lipinski definition) is 7. The maximum atomic E-state index is 13.2. The molecular formula is C61H95N5O15. The molecule has 4 amide bonds. The van der Waals surface area contributed by atoms with Crippen molar-refractivity contribution in [1.82, 2.24) is 16.0 Å². The van der Waals surface area contributed by atoms with Crippen LogP contribution in [0.2, 0.25) is 0 Å². The van der Waals surface area contributed by atoms with E-state index in [1.165, 1.54) is 6.07 Å². The standard InChI is InChI=1S/C33H49N3O6.C20H34N2O3.C6H12O2.2CO2/c1-21(2)28(36-30(39)41-20-23-13-11-10-12-14-23)29(38)35-26-19-24(15-16-27(26)37)18-25(17-22(3)32(4,5)6)34-31(40)42-33(7,8)9;1-13(19(2,3)4)10-15(22-18(24)25-20(5,6)7)11-14-8-9-17(23)16(21)12-14;1-5(2)6(3)8-4-7;2*2-1-3/h10-16,19,21-22,25,28,37H,17-18,20H2,1-9H3,(H,34,40)(H,35,38)(H,36,39);8-9,12-13,15,23H,10-11,21H2,1-7H3,(H,22,24);4-6H,1-3H3;;/t22?,25-,28?;13?,15-;;;/m11.../s1. The molecule has 0 aromatic heterocycles. The second kappa shape index (κ2) is 36.8. The van der Waals surface area contributed by atoms with Crippen molar-refractivity contribution in [3.8, 4) is 11.5 Å². The van der Waals surface area contributed by atoms with Crippen molar-refractivity contribution in [3.05, 3.63) is 83.4 Å². The Morgan fingerprint density at radius 1 is 0.580 bits per heavy atom. The number of alkyl carbamates (subject to hydrolysis) is 3. The highest BCUT2D eigenvalue weighted by Crippen LogP contribution is 2.33. The predicted molar refractivity (Wildman–Crippen MR) is 309 cm³/mol. The van der Waals surface area contributed by atoms with Gasteiger partial charge in [0.25, 0.3) is 6.47 Å². The van der Waals surface area contributed by atoms with Crippen molar-refractivity contribution in [2.24, 2.45) is 34.5 Å². The van der Waals surface area contributed by atoms with Crippen LogP contribution in [0.1, 0.15) is 161 Å². The molecule has 454 valence electrons. The lowest BCUT2D eigenvalue weighted by Crippen LogP contribution is -2.47. The molecule has 0 fully saturated rings. The van der Waals surface area contributed by atoms with E-state index in [1.807, 2.05) is 98.7 Å². The Hall–Kier alpha value is -7.43. The molecule has 0 spiro atoms. The molecule has 3 aromatic rings. The van der Waals surface area contributed by atoms with Gasteiger partial charge in [0.15, 0.2) is 0 Å². The summed E-state index contributed by atoms with van der Waals surface area (Å²) in [5.41, 5.74) is 7.96. The summed E-state index contributed by atoms with van der Waals surface area (Å²) in [6, 6.07) is 18.2. The van der Waals surface area contributed by atoms with Crippen molar-refractivity contribution in [1.29, 1.82) is 0 Å². The molecule has 0 saturated heterocycles. The lowest BCUT2D eigenvalue weighted by Gasteiger charge is -2.32. The van der Waals surface area contributed by atoms with Crippen LogP contribution in [0, 0.1) is 34.5 Å². The number of anilines is 2. The van der Waals surface area contributed by atoms with Crippen molar-refractivity contribution in [3.63, 3.8) is 0 Å². The summed E-state index contributed by atoms with van der Waals surface area (Å²) < 4.78 is 20.8. The highest BCUT2D eigenvalue weighted by atomic mass is 16.6. The smallest absolute Gasteiger partial charge is 0.408 e. The first-order chi connectivity index (χ1) is 37.2. The van der Waals surface area contributed by atoms with Gasteiger partial charge >= 0.3 is 30.6 Å². The number of nitrogen functional groups attached to an aromatic ring is 1. The number of carbonyl (C=O) groups excluding carboxylic acids is 9. The molecule has 3 aromatic carbocycles. The maximum Gasteiger partial charge on any atom is 0.408 e. The van der Waals surface area contributed by atoms with E-state index in [1.54, 1.807) is 38.1 Å². The Bertz CT molecular complexity index is 2410. The maximum absolute atomic E-state index is 13.2. The van der Waals surface area contributed by atoms with Crippen LogP contribution in [0.5, 0.6) is 11.5 Å². The van der Waals surface area contributed by atoms with Crippen LogP contribution in [0.25, 0.3) is 0 Å². The Morgan fingerprint density at radius 3 is 1.36 bits per heavy atom. The number of nitrogens with two attached hydrogens (primary N) is 1. The molecule has 8 N–H and O–H groups in total. The summed E-state index contributed by atoms with van der Waals surface area (Å²) >= 11 is 0. The van der Waals surface area contributed by atoms with Gasteiger partial charge in [-0.1, -0.05) is 126 Å². The summed E-state index contributed by atoms with van der Waals surface area (Å²) in [4.78, 5) is 92.7. The third kappa shape index (κ3) is 35.7. The molecule has 6 atom stereocenters. The van der Waals surface area contributed by atoms with Gasteiger partial charge in [0.05, 0.1) is 11.4 Å². The van der Waals surface area contributed by atoms with Gasteiger partial charge in [-0.15, -0.1) is 0 Å². The lowest BCUT2D eigenvalue weighted by molar-refractivity contribution is -0.193. The fraction of sp³-hybridized carbons (Fsp3) is 0.590. The third-order valence-electron chi connectivity index (χ3n) is 12.7. The van der Waals surface area contributed by atoms with Gasteiger partial charge in [-0.3, -0.25) is 9.59 Å². The second-order valence-corrected chi connectivity index (χ2v) is 24.6. The number of amides is 4. The highest BCUT2D eigenvalue weighted by molar-refractivity contribution is 5.97. The Balaban J connectivity index is 0. The van der Waals surface area contributed by atoms with Gasteiger partial charge in [0.1, 0.15) is 41.5 Å². The molecule has 81 heavy (non-hydrogen) atoms. The monoisotopic (exact) mass is 1140 g/mol. The van der Waals surface area contributed by atoms with E-state index in [2.05, 4.69) is 81.4 Å². The molecule has 0 bridgehead atoms. The van der Waals surface area contributed by atoms with Crippen molar-refractivity contribution < 1.29 is 72.3 Å². The molecule has 0 aliphatic rings. The average molecular weight is 1140 g/mol. The van der Waals surface area contributed by atoms with E-state index in [0.29, 0.717) is 43.3 Å². The summed E-state index contributed by atoms with van der Waals surface area (Å²) in [6.45, 7) is 38.5. The van der Waals surface area contributed by atoms with Crippen LogP contribution < -0.4 is 27.0 Å². The molecule has 0 radical (unpaired) electrons. The van der Waals surface area contributed by atoms with Crippen molar-refractivity contribution in [2.75, 3.05) is 11.1 Å². The summed E-state index contributed by atoms with van der Waals surface area (Å²) in [7, 11) is 0. The Morgan fingerprint density at radius 2 is 1.00 bits per heavy atom. The van der Waals surface area contributed by atoms with Crippen LogP contribution in [-0.2, 0) is 67.2 Å². The van der Waals surface area contributed by atoms with Crippen molar-refractivity contribution >= 4 is 54.3 Å². The molecule has 20 nitrogen and oxygen atoms in total. The number of benzene rings is 3. The third-order valence-corrected chi connectivity index (χ3v) is 12.7. The Kier molecular flexibility index (Phi) is 34.3. The van der Waals surface area contributed by atoms with E-state index >= 15 is 0 Å². The number of phenols is 2. The molecule has 3 rings (SSSR count). The zero-order valence-electron chi connectivity index (χ0n) is 51.4. The van der Waals surface area contributed by atoms with E-state index < -0.39 is 41.4 Å². The molecule has 20 heteroatoms. The minimum absolute atomic E-state index is 0.0308. The number of nitrogens with one attached hydrogen (secondary N) is 4. The number of phenolic OH excluding ortho intramolecular Hbond substituents is 2. The summed E-state index contributed by atoms with van der Waals surface area (Å²) in [5.74, 6) is 0.333. The van der Waals surface area contributed by atoms with E-state index in [-0.39, 0.29) is 76.9 Å². The highest BCUT2D eigenvalue weighted by Gasteiger charge is 2.30. The predicted octanol–water partition coefficient (Wildman–Crippen LogP) is 11.3. The van der Waals surface area contributed by atoms with Gasteiger partial charge in [0.2, 0.25) is 5.91 Å². The van der Waals surface area contributed by atoms with E-state index in [4.69, 9.17) is 39.1 Å². The number of carbonyl (C=O) groups is 5. The first-order valence-corrected chi connectivity index (χ1v) is 27.0. The Labute approximate surface area is 480 Å². The van der Waals surface area contributed by atoms with Crippen LogP contribution >= 0.6 is 0 Å². The van der Waals surface area contributed by atoms with Gasteiger partial charge in [-0.05, 0) is 150 Å². The summed E-state index contributed by atoms with van der Waals surface area (Å²) in [6.07, 6.45) is 1.54. The molecule has 0 aliphatic heterocycles. The number of hydrogen-bond acceptors (Lipinski definition) is 16. The lowest BCUT2D eigenvalue weighted by atomic mass is 9.78. The SMILES string of the molecule is CC(C)C(C)OC=O.CC(C)C(NC(=O)OCc1ccccc1)C(=O)Nc1cc(C[C@@H](CC(C)C(C)(C)C)NC(=O)OC(C)(C)C)ccc1O.CC(C[C@H](Cc1ccc(O)c(N)c1)NC(=O)OC(C)(C)C)C(C)(C)C.O=C=O.O=C=O. The largest absolute Gasteiger partial charge is 0.506 e. The fourth-order valence-corrected chi connectivity index (χ4v) is 6.89. The second-order valence-electron chi connectivity index (χ2n) is 24.6. The molecule has 4 unspecified atom stereocenters. The number of aromatic hydroxyl groups is 2. The van der Waals surface area contributed by atoms with E-state index in [9.17, 15) is 34.2 Å². The average Bonchev–Trinajstić information content (AvgIpc) is 3.31. The number of ether oxygens (including phenoxy) is 4. The van der Waals surface area contributed by atoms with Crippen LogP contribution in [0.3, 0.4) is 0 Å². The van der Waals surface area contributed by atoms with E-state index in [0.717, 1.165) is 23.1 Å². The van der Waals surface area contributed by atoms with Crippen LogP contribution in [-0.4, -0.2) is 88.6 Å². The normalized spacial score (nSPS) is 13.3. The quantitative estimate of drug-likeness (QED) is 0.0254. The first-order valence-electron chi connectivity index (χ1n) is 27.0. The van der Waals surface area contributed by atoms with Gasteiger partial charge < -0.3 is 56.2 Å². The summed E-state index contributed by atoms with van der Waals surface area (Å²) in [5, 5.41) is 31.5. The van der Waals surface area contributed by atoms with Gasteiger partial charge in [-0.25, -0.2) is 14.4 Å². The molecular weight excluding hydrogens is 1040 g/mol. The van der Waals surface area contributed by atoms with Gasteiger partial charge in [0, 0.05) is 12.1 Å². The molecule has 0 saturated carbocycles. The topological polar surface area (TPSA) is 305 Å². The van der Waals surface area contributed by atoms with Crippen LogP contribution in [0.15, 0.2) is 66.7 Å². The fourth-order valence-electron chi connectivity index (χ4n) is 6.89. The van der Waals surface area contributed by atoms with Crippen LogP contribution in [0.4, 0.5) is 25.8 Å². The molecule has 0 heterocycles. The first kappa shape index (κ1) is 75.6. The van der Waals surface area contributed by atoms with Crippen molar-refractivity contribution in [2.45, 2.75) is 199 Å². The minimum Gasteiger partial charge on any atom is -0.506 e. The number of rotatable bonds is 19. The van der Waals surface area contributed by atoms with Gasteiger partial charge in [-0.2, -0.15) is 19.2 Å². The zero-order valence-corrected chi connectivity index (χ0v) is 51.4.